The number of benzene rings is 6. The lowest BCUT2D eigenvalue weighted by atomic mass is 9.97. The molecule has 0 N–H and O–H groups in total. The highest BCUT2D eigenvalue weighted by molar-refractivity contribution is 6.11. The molecule has 2 heterocycles. The molecule has 2 unspecified atom stereocenters. The lowest BCUT2D eigenvalue weighted by Crippen LogP contribution is -2.10. The molecule has 8 aromatic rings. The molecule has 2 aromatic heterocycles. The predicted octanol–water partition coefficient (Wildman–Crippen LogP) is 17.6. The average molecular weight is 964 g/mol. The summed E-state index contributed by atoms with van der Waals surface area (Å²) in [5.41, 5.74) is 13.2. The lowest BCUT2D eigenvalue weighted by Gasteiger charge is -2.17. The molecular formula is C67H61N7. The second kappa shape index (κ2) is 23.5. The van der Waals surface area contributed by atoms with E-state index in [9.17, 15) is 26.3 Å². The number of hydrogen-bond acceptors (Lipinski definition) is 5. The Hall–Kier alpha value is -8.93. The molecule has 6 aromatic carbocycles. The van der Waals surface area contributed by atoms with Crippen LogP contribution in [0.1, 0.15) is 124 Å². The van der Waals surface area contributed by atoms with Crippen LogP contribution in [0.3, 0.4) is 0 Å². The fourth-order valence-electron chi connectivity index (χ4n) is 10.3. The van der Waals surface area contributed by atoms with E-state index in [0.29, 0.717) is 39.7 Å². The maximum atomic E-state index is 10.6. The summed E-state index contributed by atoms with van der Waals surface area (Å²) >= 11 is 0. The molecule has 0 aliphatic carbocycles. The summed E-state index contributed by atoms with van der Waals surface area (Å²) < 4.78 is 4.85. The highest BCUT2D eigenvalue weighted by atomic mass is 15.0. The smallest absolute Gasteiger partial charge is 0.0998 e. The Kier molecular flexibility index (Phi) is 16.4. The molecule has 2 atom stereocenters. The Morgan fingerprint density at radius 3 is 1.05 bits per heavy atom. The van der Waals surface area contributed by atoms with Crippen LogP contribution in [0.2, 0.25) is 0 Å². The van der Waals surface area contributed by atoms with Crippen molar-refractivity contribution in [2.24, 2.45) is 11.8 Å². The predicted molar refractivity (Wildman–Crippen MR) is 308 cm³/mol. The number of fused-ring (bicyclic) bond motifs is 6. The van der Waals surface area contributed by atoms with Crippen molar-refractivity contribution in [2.75, 3.05) is 0 Å². The van der Waals surface area contributed by atoms with Gasteiger partial charge in [-0.15, -0.1) is 0 Å². The normalized spacial score (nSPS) is 12.8. The van der Waals surface area contributed by atoms with Crippen molar-refractivity contribution in [3.05, 3.63) is 179 Å². The highest BCUT2D eigenvalue weighted by Gasteiger charge is 2.19. The topological polar surface area (TPSA) is 129 Å². The summed E-state index contributed by atoms with van der Waals surface area (Å²) in [7, 11) is 0. The van der Waals surface area contributed by atoms with Crippen LogP contribution in [-0.4, -0.2) is 9.13 Å². The molecule has 0 bridgehead atoms. The van der Waals surface area contributed by atoms with Gasteiger partial charge in [0, 0.05) is 56.7 Å². The Bertz CT molecular complexity index is 3760. The van der Waals surface area contributed by atoms with E-state index in [2.05, 4.69) is 147 Å². The van der Waals surface area contributed by atoms with E-state index in [-0.39, 0.29) is 0 Å². The molecule has 74 heavy (non-hydrogen) atoms. The summed E-state index contributed by atoms with van der Waals surface area (Å²) in [4.78, 5) is 0. The van der Waals surface area contributed by atoms with Gasteiger partial charge in [0.2, 0.25) is 0 Å². The van der Waals surface area contributed by atoms with E-state index in [1.54, 1.807) is 0 Å². The van der Waals surface area contributed by atoms with Crippen LogP contribution < -0.4 is 0 Å². The van der Waals surface area contributed by atoms with Crippen molar-refractivity contribution in [3.8, 4) is 30.3 Å². The third-order valence-electron chi connectivity index (χ3n) is 14.7. The molecule has 0 spiro atoms. The van der Waals surface area contributed by atoms with Crippen molar-refractivity contribution < 1.29 is 0 Å². The van der Waals surface area contributed by atoms with E-state index >= 15 is 0 Å². The number of aromatic nitrogens is 2. The Morgan fingerprint density at radius 2 is 0.730 bits per heavy atom. The van der Waals surface area contributed by atoms with Crippen LogP contribution in [0.15, 0.2) is 134 Å². The first kappa shape index (κ1) is 51.4. The number of hydrogen-bond donors (Lipinski definition) is 0. The van der Waals surface area contributed by atoms with Gasteiger partial charge < -0.3 is 9.13 Å². The first-order chi connectivity index (χ1) is 36.1. The van der Waals surface area contributed by atoms with E-state index in [1.807, 2.05) is 72.8 Å². The molecular weight excluding hydrogens is 903 g/mol. The van der Waals surface area contributed by atoms with Crippen molar-refractivity contribution in [2.45, 2.75) is 92.2 Å². The van der Waals surface area contributed by atoms with Crippen LogP contribution in [-0.2, 0) is 13.1 Å². The minimum absolute atomic E-state index is 0.373. The van der Waals surface area contributed by atoms with E-state index in [0.717, 1.165) is 127 Å². The monoisotopic (exact) mass is 963 g/mol. The fourth-order valence-corrected chi connectivity index (χ4v) is 10.3. The maximum absolute atomic E-state index is 10.6. The minimum Gasteiger partial charge on any atom is -0.340 e. The zero-order chi connectivity index (χ0) is 52.3. The van der Waals surface area contributed by atoms with Gasteiger partial charge in [-0.05, 0) is 136 Å². The van der Waals surface area contributed by atoms with Crippen LogP contribution in [0, 0.1) is 68.5 Å². The van der Waals surface area contributed by atoms with Crippen molar-refractivity contribution >= 4 is 89.7 Å². The van der Waals surface area contributed by atoms with Gasteiger partial charge in [0.15, 0.2) is 0 Å². The zero-order valence-corrected chi connectivity index (χ0v) is 43.0. The Balaban J connectivity index is 1.13. The first-order valence-corrected chi connectivity index (χ1v) is 26.0. The van der Waals surface area contributed by atoms with Crippen LogP contribution in [0.5, 0.6) is 0 Å². The molecule has 0 saturated carbocycles. The molecule has 7 heteroatoms. The molecule has 0 saturated heterocycles. The summed E-state index contributed by atoms with van der Waals surface area (Å²) in [6, 6.07) is 51.8. The van der Waals surface area contributed by atoms with Crippen molar-refractivity contribution in [1.82, 2.24) is 9.13 Å². The largest absolute Gasteiger partial charge is 0.340 e. The quantitative estimate of drug-likeness (QED) is 0.0555. The molecule has 0 amide bonds. The summed E-state index contributed by atoms with van der Waals surface area (Å²) in [5.74, 6) is 1.06. The second-order valence-electron chi connectivity index (χ2n) is 19.5. The summed E-state index contributed by atoms with van der Waals surface area (Å²) in [6.07, 6.45) is 14.9. The molecule has 0 radical (unpaired) electrons. The number of nitriles is 5. The van der Waals surface area contributed by atoms with E-state index in [4.69, 9.17) is 0 Å². The standard InChI is InChI=1S/C67H61N7/c1-7-11-13-47(9-3)43-73-64-27-15-49(31-57(40-70)53-20-18-52(19-21-53)45(5)38-68)34-60(64)61-35-50(16-28-65(61)73)32-58(41-71)54-22-24-55(25-23-54)59(42-72)33-51-17-29-66-62(36-51)63-37-56(46(6)39-69)26-30-67(63)74(66)44-48(10-4)14-12-8-2/h15-37,47-48H,5-14,43-44H2,1-4H3/b57-31+,58-32+,59-33+. The van der Waals surface area contributed by atoms with Crippen LogP contribution in [0.25, 0.3) is 89.7 Å². The third kappa shape index (κ3) is 10.9. The van der Waals surface area contributed by atoms with Gasteiger partial charge in [0.1, 0.15) is 0 Å². The zero-order valence-electron chi connectivity index (χ0n) is 43.0. The second-order valence-corrected chi connectivity index (χ2v) is 19.5. The third-order valence-corrected chi connectivity index (χ3v) is 14.7. The van der Waals surface area contributed by atoms with Crippen LogP contribution in [0.4, 0.5) is 0 Å². The average Bonchev–Trinajstić information content (AvgIpc) is 3.92. The molecule has 0 aliphatic rings. The van der Waals surface area contributed by atoms with Gasteiger partial charge >= 0.3 is 0 Å². The fraction of sp³-hybridized carbons (Fsp3) is 0.239. The van der Waals surface area contributed by atoms with Gasteiger partial charge in [-0.1, -0.05) is 152 Å². The van der Waals surface area contributed by atoms with Crippen molar-refractivity contribution in [1.29, 1.82) is 26.3 Å². The molecule has 0 fully saturated rings. The van der Waals surface area contributed by atoms with Crippen molar-refractivity contribution in [3.63, 3.8) is 0 Å². The summed E-state index contributed by atoms with van der Waals surface area (Å²) in [6.45, 7) is 18.6. The van der Waals surface area contributed by atoms with Gasteiger partial charge in [-0.3, -0.25) is 0 Å². The maximum Gasteiger partial charge on any atom is 0.0998 e. The van der Waals surface area contributed by atoms with Crippen LogP contribution >= 0.6 is 0 Å². The van der Waals surface area contributed by atoms with E-state index < -0.39 is 0 Å². The van der Waals surface area contributed by atoms with Gasteiger partial charge in [0.05, 0.1) is 58.2 Å². The molecule has 364 valence electrons. The molecule has 0 aliphatic heterocycles. The number of nitrogens with zero attached hydrogens (tertiary/aromatic N) is 7. The molecule has 8 rings (SSSR count). The van der Waals surface area contributed by atoms with Gasteiger partial charge in [0.25, 0.3) is 0 Å². The molecule has 7 nitrogen and oxygen atoms in total. The van der Waals surface area contributed by atoms with Gasteiger partial charge in [-0.25, -0.2) is 0 Å². The minimum atomic E-state index is 0.373. The summed E-state index contributed by atoms with van der Waals surface area (Å²) in [5, 5.41) is 54.7. The number of rotatable bonds is 20. The lowest BCUT2D eigenvalue weighted by molar-refractivity contribution is 0.401. The Labute approximate surface area is 436 Å². The Morgan fingerprint density at radius 1 is 0.419 bits per heavy atom. The van der Waals surface area contributed by atoms with E-state index in [1.165, 1.54) is 25.7 Å². The SMILES string of the molecule is C=C(C#N)c1ccc(/C(C#N)=C/c2ccc3c(c2)c2cc(/C=C(\C#N)c4ccc(/C(C#N)=C/c5ccc6c(c5)c5cc(C(=C)C#N)ccc5n6CC(CC)CCCC)cc4)ccc2n3CC(CC)CCCC)cc1. The number of allylic oxidation sites excluding steroid dienone is 5. The van der Waals surface area contributed by atoms with Gasteiger partial charge in [-0.2, -0.15) is 26.3 Å². The highest BCUT2D eigenvalue weighted by Crippen LogP contribution is 2.37. The number of unbranched alkanes of at least 4 members (excludes halogenated alkanes) is 2. The first-order valence-electron chi connectivity index (χ1n) is 26.0.